The van der Waals surface area contributed by atoms with E-state index < -0.39 is 0 Å². The van der Waals surface area contributed by atoms with Gasteiger partial charge < -0.3 is 14.3 Å². The minimum absolute atomic E-state index is 0.141. The minimum atomic E-state index is -0.357. The van der Waals surface area contributed by atoms with E-state index >= 15 is 0 Å². The zero-order valence-corrected chi connectivity index (χ0v) is 17.6. The van der Waals surface area contributed by atoms with E-state index in [4.69, 9.17) is 4.42 Å². The summed E-state index contributed by atoms with van der Waals surface area (Å²) in [6.07, 6.45) is 4.31. The molecule has 2 aromatic carbocycles. The normalized spacial score (nSPS) is 11.0. The van der Waals surface area contributed by atoms with Crippen LogP contribution in [-0.2, 0) is 13.0 Å². The first-order valence-electron chi connectivity index (χ1n) is 10.7. The molecule has 0 saturated heterocycles. The molecule has 5 heteroatoms. The monoisotopic (exact) mass is 414 g/mol. The third-order valence-electron chi connectivity index (χ3n) is 5.34. The number of carbonyl (C=O) groups excluding carboxylic acids is 1. The van der Waals surface area contributed by atoms with Crippen LogP contribution in [0.3, 0.4) is 0 Å². The summed E-state index contributed by atoms with van der Waals surface area (Å²) < 4.78 is 7.60. The number of hydrogen-bond donors (Lipinski definition) is 1. The van der Waals surface area contributed by atoms with Crippen LogP contribution in [0.5, 0.6) is 0 Å². The molecule has 0 saturated carbocycles. The Balaban J connectivity index is 1.63. The van der Waals surface area contributed by atoms with Crippen LogP contribution < -0.4 is 10.9 Å². The van der Waals surface area contributed by atoms with Crippen molar-refractivity contribution in [2.45, 2.75) is 32.7 Å². The van der Waals surface area contributed by atoms with Crippen molar-refractivity contribution in [3.63, 3.8) is 0 Å². The third kappa shape index (κ3) is 4.77. The lowest BCUT2D eigenvalue weighted by Gasteiger charge is -2.11. The molecule has 2 heterocycles. The number of pyridine rings is 1. The van der Waals surface area contributed by atoms with Gasteiger partial charge >= 0.3 is 0 Å². The van der Waals surface area contributed by atoms with Gasteiger partial charge in [-0.25, -0.2) is 0 Å². The molecule has 4 rings (SSSR count). The van der Waals surface area contributed by atoms with Gasteiger partial charge in [0.25, 0.3) is 11.5 Å². The fourth-order valence-corrected chi connectivity index (χ4v) is 3.61. The highest BCUT2D eigenvalue weighted by atomic mass is 16.3. The van der Waals surface area contributed by atoms with E-state index in [-0.39, 0.29) is 17.0 Å². The summed E-state index contributed by atoms with van der Waals surface area (Å²) in [5.41, 5.74) is 2.50. The summed E-state index contributed by atoms with van der Waals surface area (Å²) in [5, 5.41) is 3.88. The molecule has 0 aliphatic heterocycles. The average Bonchev–Trinajstić information content (AvgIpc) is 3.23. The van der Waals surface area contributed by atoms with Gasteiger partial charge in [-0.3, -0.25) is 9.59 Å². The molecule has 0 unspecified atom stereocenters. The number of hydrogen-bond acceptors (Lipinski definition) is 3. The van der Waals surface area contributed by atoms with Crippen molar-refractivity contribution in [2.24, 2.45) is 0 Å². The van der Waals surface area contributed by atoms with Crippen LogP contribution in [0.2, 0.25) is 0 Å². The Morgan fingerprint density at radius 1 is 1.03 bits per heavy atom. The summed E-state index contributed by atoms with van der Waals surface area (Å²) in [6, 6.07) is 21.3. The second-order valence-corrected chi connectivity index (χ2v) is 7.63. The summed E-state index contributed by atoms with van der Waals surface area (Å²) in [4.78, 5) is 25.9. The Morgan fingerprint density at radius 3 is 2.58 bits per heavy atom. The number of para-hydroxylation sites is 1. The molecular formula is C26H26N2O3. The van der Waals surface area contributed by atoms with Crippen LogP contribution in [0, 0.1) is 0 Å². The highest BCUT2D eigenvalue weighted by molar-refractivity contribution is 5.95. The van der Waals surface area contributed by atoms with E-state index in [1.165, 1.54) is 0 Å². The molecule has 1 amide bonds. The molecule has 5 nitrogen and oxygen atoms in total. The number of furan rings is 1. The zero-order valence-electron chi connectivity index (χ0n) is 17.6. The molecule has 4 aromatic rings. The largest absolute Gasteiger partial charge is 0.456 e. The molecule has 0 fully saturated rings. The van der Waals surface area contributed by atoms with Gasteiger partial charge in [0.2, 0.25) is 0 Å². The van der Waals surface area contributed by atoms with Crippen LogP contribution in [0.25, 0.3) is 22.3 Å². The predicted octanol–water partition coefficient (Wildman–Crippen LogP) is 5.03. The predicted molar refractivity (Wildman–Crippen MR) is 123 cm³/mol. The Kier molecular flexibility index (Phi) is 6.32. The molecule has 1 N–H and O–H groups in total. The maximum atomic E-state index is 13.0. The number of aromatic nitrogens is 1. The van der Waals surface area contributed by atoms with Gasteiger partial charge in [-0.1, -0.05) is 61.9 Å². The van der Waals surface area contributed by atoms with E-state index in [0.717, 1.165) is 34.9 Å². The Bertz CT molecular complexity index is 1210. The van der Waals surface area contributed by atoms with Crippen LogP contribution in [0.4, 0.5) is 0 Å². The van der Waals surface area contributed by atoms with Crippen molar-refractivity contribution < 1.29 is 9.21 Å². The first kappa shape index (κ1) is 20.7. The van der Waals surface area contributed by atoms with E-state index in [2.05, 4.69) is 12.2 Å². The lowest BCUT2D eigenvalue weighted by molar-refractivity contribution is 0.0952. The Hall–Kier alpha value is -3.60. The van der Waals surface area contributed by atoms with Crippen molar-refractivity contribution in [3.05, 3.63) is 94.4 Å². The lowest BCUT2D eigenvalue weighted by Crippen LogP contribution is -2.34. The van der Waals surface area contributed by atoms with Gasteiger partial charge in [-0.15, -0.1) is 0 Å². The molecule has 0 bridgehead atoms. The fraction of sp³-hybridized carbons (Fsp3) is 0.231. The van der Waals surface area contributed by atoms with Crippen molar-refractivity contribution in [1.82, 2.24) is 9.88 Å². The van der Waals surface area contributed by atoms with Gasteiger partial charge in [0.05, 0.1) is 0 Å². The number of carbonyl (C=O) groups is 1. The van der Waals surface area contributed by atoms with Gasteiger partial charge in [0.1, 0.15) is 16.9 Å². The van der Waals surface area contributed by atoms with Crippen molar-refractivity contribution in [2.75, 3.05) is 6.54 Å². The third-order valence-corrected chi connectivity index (χ3v) is 5.34. The summed E-state index contributed by atoms with van der Waals surface area (Å²) in [6.45, 7) is 3.10. The highest BCUT2D eigenvalue weighted by Crippen LogP contribution is 2.27. The van der Waals surface area contributed by atoms with E-state index in [1.54, 1.807) is 16.8 Å². The number of unbranched alkanes of at least 4 members (excludes halogenated alkanes) is 1. The number of aryl methyl sites for hydroxylation is 1. The molecule has 0 atom stereocenters. The smallest absolute Gasteiger partial charge is 0.263 e. The molecule has 0 aliphatic carbocycles. The highest BCUT2D eigenvalue weighted by Gasteiger charge is 2.17. The fourth-order valence-electron chi connectivity index (χ4n) is 3.61. The molecule has 158 valence electrons. The molecule has 0 aliphatic rings. The van der Waals surface area contributed by atoms with Gasteiger partial charge in [-0.2, -0.15) is 0 Å². The molecule has 0 spiro atoms. The Morgan fingerprint density at radius 2 is 1.81 bits per heavy atom. The Labute approximate surface area is 181 Å². The van der Waals surface area contributed by atoms with Crippen LogP contribution >= 0.6 is 0 Å². The molecule has 0 radical (unpaired) electrons. The van der Waals surface area contributed by atoms with Crippen LogP contribution in [0.1, 0.15) is 35.7 Å². The average molecular weight is 415 g/mol. The summed E-state index contributed by atoms with van der Waals surface area (Å²) >= 11 is 0. The van der Waals surface area contributed by atoms with Gasteiger partial charge in [0.15, 0.2) is 0 Å². The van der Waals surface area contributed by atoms with Crippen molar-refractivity contribution >= 4 is 16.9 Å². The van der Waals surface area contributed by atoms with Gasteiger partial charge in [0, 0.05) is 30.2 Å². The number of fused-ring (bicyclic) bond motifs is 1. The van der Waals surface area contributed by atoms with Crippen molar-refractivity contribution in [1.29, 1.82) is 0 Å². The maximum absolute atomic E-state index is 13.0. The number of benzene rings is 2. The summed E-state index contributed by atoms with van der Waals surface area (Å²) in [7, 11) is 0. The first-order chi connectivity index (χ1) is 15.2. The maximum Gasteiger partial charge on any atom is 0.263 e. The number of nitrogens with zero attached hydrogens (tertiary/aromatic N) is 1. The van der Waals surface area contributed by atoms with Gasteiger partial charge in [-0.05, 0) is 36.6 Å². The topological polar surface area (TPSA) is 64.2 Å². The second-order valence-electron chi connectivity index (χ2n) is 7.63. The molecule has 31 heavy (non-hydrogen) atoms. The molecule has 2 aromatic heterocycles. The number of rotatable bonds is 8. The quantitative estimate of drug-likeness (QED) is 0.440. The standard InChI is InChI=1S/C26H26N2O3/c1-2-3-15-28-18-21(24-17-20-11-7-8-12-23(20)31-24)16-22(26(28)30)25(29)27-14-13-19-9-5-4-6-10-19/h4-12,16-18H,2-3,13-15H2,1H3,(H,27,29). The van der Waals surface area contributed by atoms with Crippen LogP contribution in [-0.4, -0.2) is 17.0 Å². The second kappa shape index (κ2) is 9.47. The first-order valence-corrected chi connectivity index (χ1v) is 10.7. The van der Waals surface area contributed by atoms with E-state index in [9.17, 15) is 9.59 Å². The number of amides is 1. The van der Waals surface area contributed by atoms with Crippen LogP contribution in [0.15, 0.2) is 82.1 Å². The SMILES string of the molecule is CCCCn1cc(-c2cc3ccccc3o2)cc(C(=O)NCCc2ccccc2)c1=O. The minimum Gasteiger partial charge on any atom is -0.456 e. The van der Waals surface area contributed by atoms with Crippen molar-refractivity contribution in [3.8, 4) is 11.3 Å². The number of nitrogens with one attached hydrogen (secondary N) is 1. The summed E-state index contributed by atoms with van der Waals surface area (Å²) in [5.74, 6) is 0.286. The molecular weight excluding hydrogens is 388 g/mol. The lowest BCUT2D eigenvalue weighted by atomic mass is 10.1. The van der Waals surface area contributed by atoms with E-state index in [0.29, 0.717) is 25.3 Å². The zero-order chi connectivity index (χ0) is 21.6. The van der Waals surface area contributed by atoms with E-state index in [1.807, 2.05) is 60.7 Å².